The summed E-state index contributed by atoms with van der Waals surface area (Å²) in [6, 6.07) is 12.9. The molecule has 0 saturated carbocycles. The lowest BCUT2D eigenvalue weighted by atomic mass is 10.1. The number of aliphatic hydroxyl groups is 1. The van der Waals surface area contributed by atoms with Crippen LogP contribution in [-0.4, -0.2) is 59.7 Å². The molecular weight excluding hydrogens is 404 g/mol. The molecule has 3 rings (SSSR count). The first-order valence-corrected chi connectivity index (χ1v) is 10.6. The maximum absolute atomic E-state index is 11.5. The molecule has 0 aliphatic carbocycles. The number of imidazole rings is 1. The number of carbonyl (C=O) groups is 1. The predicted octanol–water partition coefficient (Wildman–Crippen LogP) is 3.43. The van der Waals surface area contributed by atoms with Crippen LogP contribution in [0.1, 0.15) is 17.3 Å². The second kappa shape index (κ2) is 10.5. The molecule has 1 atom stereocenters. The molecule has 1 heterocycles. The van der Waals surface area contributed by atoms with E-state index in [1.807, 2.05) is 24.3 Å². The van der Waals surface area contributed by atoms with E-state index in [0.717, 1.165) is 16.2 Å². The number of ether oxygens (including phenoxy) is 3. The van der Waals surface area contributed by atoms with Crippen LogP contribution >= 0.6 is 11.8 Å². The molecule has 0 amide bonds. The molecule has 1 aromatic heterocycles. The average molecular weight is 431 g/mol. The van der Waals surface area contributed by atoms with Crippen molar-refractivity contribution in [3.63, 3.8) is 0 Å². The fraction of sp³-hybridized carbons (Fsp3) is 0.364. The molecular formula is C22H26N2O5S. The van der Waals surface area contributed by atoms with Crippen molar-refractivity contribution in [1.82, 2.24) is 9.55 Å². The molecule has 1 N–H and O–H groups in total. The van der Waals surface area contributed by atoms with Gasteiger partial charge in [-0.3, -0.25) is 4.79 Å². The summed E-state index contributed by atoms with van der Waals surface area (Å²) < 4.78 is 18.3. The zero-order valence-electron chi connectivity index (χ0n) is 17.3. The molecule has 3 aromatic rings. The molecule has 0 aliphatic rings. The molecule has 30 heavy (non-hydrogen) atoms. The Labute approximate surface area is 180 Å². The van der Waals surface area contributed by atoms with Crippen LogP contribution < -0.4 is 9.47 Å². The topological polar surface area (TPSA) is 82.8 Å². The van der Waals surface area contributed by atoms with Gasteiger partial charge in [0, 0.05) is 25.0 Å². The van der Waals surface area contributed by atoms with E-state index in [4.69, 9.17) is 14.2 Å². The summed E-state index contributed by atoms with van der Waals surface area (Å²) in [5.41, 5.74) is 2.50. The number of Topliss-reactive ketones (excluding diaryl/α,β-unsaturated/α-hetero) is 1. The standard InChI is InChI=1S/C22H26N2O5S/c1-15(25)16-8-9-20(21(12-16)28-3)29-13-17(26)14-30-22-23-18-6-4-5-7-19(18)24(22)10-11-27-2/h4-9,12,17,26H,10-11,13-14H2,1-3H3. The van der Waals surface area contributed by atoms with Crippen molar-refractivity contribution < 1.29 is 24.1 Å². The van der Waals surface area contributed by atoms with Gasteiger partial charge in [0.25, 0.3) is 0 Å². The minimum atomic E-state index is -0.706. The number of para-hydroxylation sites is 2. The number of rotatable bonds is 11. The molecule has 0 radical (unpaired) electrons. The van der Waals surface area contributed by atoms with Gasteiger partial charge in [0.2, 0.25) is 0 Å². The van der Waals surface area contributed by atoms with Crippen LogP contribution in [0.3, 0.4) is 0 Å². The number of aromatic nitrogens is 2. The number of fused-ring (bicyclic) bond motifs is 1. The van der Waals surface area contributed by atoms with Gasteiger partial charge in [0.15, 0.2) is 22.4 Å². The van der Waals surface area contributed by atoms with Crippen LogP contribution in [0.2, 0.25) is 0 Å². The van der Waals surface area contributed by atoms with Crippen molar-refractivity contribution in [2.75, 3.05) is 33.2 Å². The summed E-state index contributed by atoms with van der Waals surface area (Å²) in [5.74, 6) is 1.32. The zero-order valence-corrected chi connectivity index (χ0v) is 18.1. The van der Waals surface area contributed by atoms with Crippen LogP contribution in [0, 0.1) is 0 Å². The van der Waals surface area contributed by atoms with E-state index < -0.39 is 6.10 Å². The van der Waals surface area contributed by atoms with Crippen molar-refractivity contribution in [3.8, 4) is 11.5 Å². The van der Waals surface area contributed by atoms with Crippen LogP contribution in [0.25, 0.3) is 11.0 Å². The first-order valence-electron chi connectivity index (χ1n) is 9.60. The van der Waals surface area contributed by atoms with Gasteiger partial charge in [0.05, 0.1) is 30.9 Å². The van der Waals surface area contributed by atoms with Crippen molar-refractivity contribution in [3.05, 3.63) is 48.0 Å². The molecule has 0 fully saturated rings. The predicted molar refractivity (Wildman–Crippen MR) is 117 cm³/mol. The van der Waals surface area contributed by atoms with E-state index in [1.165, 1.54) is 25.8 Å². The average Bonchev–Trinajstić information content (AvgIpc) is 3.11. The minimum absolute atomic E-state index is 0.0485. The Morgan fingerprint density at radius 2 is 2.00 bits per heavy atom. The normalized spacial score (nSPS) is 12.1. The first-order chi connectivity index (χ1) is 14.5. The van der Waals surface area contributed by atoms with Gasteiger partial charge in [-0.05, 0) is 37.3 Å². The third-order valence-electron chi connectivity index (χ3n) is 4.54. The molecule has 2 aromatic carbocycles. The molecule has 0 spiro atoms. The highest BCUT2D eigenvalue weighted by atomic mass is 32.2. The van der Waals surface area contributed by atoms with Gasteiger partial charge in [-0.1, -0.05) is 23.9 Å². The Balaban J connectivity index is 1.62. The maximum Gasteiger partial charge on any atom is 0.169 e. The highest BCUT2D eigenvalue weighted by Gasteiger charge is 2.15. The van der Waals surface area contributed by atoms with Crippen molar-refractivity contribution in [2.24, 2.45) is 0 Å². The lowest BCUT2D eigenvalue weighted by Crippen LogP contribution is -2.20. The largest absolute Gasteiger partial charge is 0.493 e. The summed E-state index contributed by atoms with van der Waals surface area (Å²) in [5, 5.41) is 11.2. The maximum atomic E-state index is 11.5. The number of nitrogens with zero attached hydrogens (tertiary/aromatic N) is 2. The van der Waals surface area contributed by atoms with Crippen LogP contribution in [0.15, 0.2) is 47.6 Å². The number of benzene rings is 2. The SMILES string of the molecule is COCCn1c(SCC(O)COc2ccc(C(C)=O)cc2OC)nc2ccccc21. The third kappa shape index (κ3) is 5.33. The van der Waals surface area contributed by atoms with Gasteiger partial charge in [-0.25, -0.2) is 4.98 Å². The smallest absolute Gasteiger partial charge is 0.169 e. The summed E-state index contributed by atoms with van der Waals surface area (Å²) in [6.07, 6.45) is -0.706. The van der Waals surface area contributed by atoms with Crippen molar-refractivity contribution in [1.29, 1.82) is 0 Å². The number of ketones is 1. The summed E-state index contributed by atoms with van der Waals surface area (Å²) in [7, 11) is 3.19. The molecule has 0 saturated heterocycles. The van der Waals surface area contributed by atoms with Gasteiger partial charge >= 0.3 is 0 Å². The number of aliphatic hydroxyl groups excluding tert-OH is 1. The lowest BCUT2D eigenvalue weighted by molar-refractivity contribution is 0.101. The molecule has 0 aliphatic heterocycles. The highest BCUT2D eigenvalue weighted by Crippen LogP contribution is 2.29. The van der Waals surface area contributed by atoms with E-state index in [1.54, 1.807) is 25.3 Å². The quantitative estimate of drug-likeness (QED) is 0.369. The number of methoxy groups -OCH3 is 2. The zero-order chi connectivity index (χ0) is 21.5. The number of carbonyl (C=O) groups excluding carboxylic acids is 1. The first kappa shape index (κ1) is 22.1. The van der Waals surface area contributed by atoms with Crippen molar-refractivity contribution >= 4 is 28.6 Å². The van der Waals surface area contributed by atoms with E-state index in [2.05, 4.69) is 9.55 Å². The fourth-order valence-corrected chi connectivity index (χ4v) is 3.92. The van der Waals surface area contributed by atoms with Crippen molar-refractivity contribution in [2.45, 2.75) is 24.7 Å². The van der Waals surface area contributed by atoms with Gasteiger partial charge in [-0.2, -0.15) is 0 Å². The van der Waals surface area contributed by atoms with E-state index in [-0.39, 0.29) is 12.4 Å². The Bertz CT molecular complexity index is 1000. The lowest BCUT2D eigenvalue weighted by Gasteiger charge is -2.15. The van der Waals surface area contributed by atoms with Gasteiger partial charge in [-0.15, -0.1) is 0 Å². The molecule has 0 bridgehead atoms. The minimum Gasteiger partial charge on any atom is -0.493 e. The van der Waals surface area contributed by atoms with Crippen LogP contribution in [0.4, 0.5) is 0 Å². The fourth-order valence-electron chi connectivity index (χ4n) is 2.97. The van der Waals surface area contributed by atoms with E-state index in [9.17, 15) is 9.90 Å². The summed E-state index contributed by atoms with van der Waals surface area (Å²) in [4.78, 5) is 16.2. The van der Waals surface area contributed by atoms with Crippen LogP contribution in [0.5, 0.6) is 11.5 Å². The Morgan fingerprint density at radius 3 is 2.73 bits per heavy atom. The Kier molecular flexibility index (Phi) is 7.73. The number of hydrogen-bond donors (Lipinski definition) is 1. The highest BCUT2D eigenvalue weighted by molar-refractivity contribution is 7.99. The molecule has 7 nitrogen and oxygen atoms in total. The summed E-state index contributed by atoms with van der Waals surface area (Å²) >= 11 is 1.47. The van der Waals surface area contributed by atoms with Gasteiger partial charge < -0.3 is 23.9 Å². The third-order valence-corrected chi connectivity index (χ3v) is 5.67. The molecule has 8 heteroatoms. The molecule has 160 valence electrons. The number of thioether (sulfide) groups is 1. The van der Waals surface area contributed by atoms with E-state index in [0.29, 0.717) is 36.0 Å². The van der Waals surface area contributed by atoms with E-state index >= 15 is 0 Å². The second-order valence-electron chi connectivity index (χ2n) is 6.73. The van der Waals surface area contributed by atoms with Gasteiger partial charge in [0.1, 0.15) is 6.61 Å². The summed E-state index contributed by atoms with van der Waals surface area (Å²) in [6.45, 7) is 2.86. The monoisotopic (exact) mass is 430 g/mol. The Morgan fingerprint density at radius 1 is 1.20 bits per heavy atom. The number of hydrogen-bond acceptors (Lipinski definition) is 7. The van der Waals surface area contributed by atoms with Crippen LogP contribution in [-0.2, 0) is 11.3 Å². The molecule has 1 unspecified atom stereocenters. The second-order valence-corrected chi connectivity index (χ2v) is 7.71. The Hall–Kier alpha value is -2.55.